The molecule has 1 heterocycles. The molecule has 2 aromatic rings. The highest BCUT2D eigenvalue weighted by molar-refractivity contribution is 7.99. The average molecular weight is 303 g/mol. The topological polar surface area (TPSA) is 31.9 Å². The van der Waals surface area contributed by atoms with Gasteiger partial charge in [0.15, 0.2) is 0 Å². The molecule has 114 valence electrons. The van der Waals surface area contributed by atoms with Crippen molar-refractivity contribution in [2.45, 2.75) is 38.1 Å². The normalized spacial score (nSPS) is 11.2. The zero-order chi connectivity index (χ0) is 15.1. The Morgan fingerprint density at radius 3 is 2.67 bits per heavy atom. The minimum absolute atomic E-state index is 0.929. The maximum absolute atomic E-state index is 4.64. The highest BCUT2D eigenvalue weighted by Gasteiger charge is 2.08. The van der Waals surface area contributed by atoms with Crippen molar-refractivity contribution in [1.82, 2.24) is 14.9 Å². The fraction of sp³-hybridized carbons (Fsp3) is 0.471. The van der Waals surface area contributed by atoms with Crippen molar-refractivity contribution in [3.8, 4) is 0 Å². The number of benzene rings is 1. The van der Waals surface area contributed by atoms with Gasteiger partial charge in [0, 0.05) is 23.6 Å². The molecule has 0 radical (unpaired) electrons. The van der Waals surface area contributed by atoms with Gasteiger partial charge in [0.05, 0.1) is 5.69 Å². The molecule has 0 atom stereocenters. The Morgan fingerprint density at radius 2 is 2.00 bits per heavy atom. The Bertz CT molecular complexity index is 536. The largest absolute Gasteiger partial charge is 0.346 e. The molecular formula is C17H25N3S. The molecular weight excluding hydrogens is 278 g/mol. The lowest BCUT2D eigenvalue weighted by Crippen LogP contribution is -2.20. The second-order valence-corrected chi connectivity index (χ2v) is 6.53. The van der Waals surface area contributed by atoms with Crippen molar-refractivity contribution in [2.24, 2.45) is 0 Å². The van der Waals surface area contributed by atoms with E-state index in [1.165, 1.54) is 22.7 Å². The van der Waals surface area contributed by atoms with E-state index in [2.05, 4.69) is 66.1 Å². The second-order valence-electron chi connectivity index (χ2n) is 5.36. The lowest BCUT2D eigenvalue weighted by atomic mass is 10.3. The summed E-state index contributed by atoms with van der Waals surface area (Å²) >= 11 is 1.93. The van der Waals surface area contributed by atoms with Crippen LogP contribution in [0.2, 0.25) is 0 Å². The van der Waals surface area contributed by atoms with E-state index >= 15 is 0 Å². The van der Waals surface area contributed by atoms with Crippen LogP contribution in [-0.2, 0) is 13.0 Å². The number of nitrogens with one attached hydrogen (secondary N) is 1. The number of hydrogen-bond acceptors (Lipinski definition) is 3. The third-order valence-corrected chi connectivity index (χ3v) is 4.58. The highest BCUT2D eigenvalue weighted by Crippen LogP contribution is 2.18. The van der Waals surface area contributed by atoms with E-state index in [-0.39, 0.29) is 0 Å². The Hall–Kier alpha value is -1.26. The van der Waals surface area contributed by atoms with Crippen molar-refractivity contribution in [3.63, 3.8) is 0 Å². The number of thioether (sulfide) groups is 1. The first kappa shape index (κ1) is 16.1. The summed E-state index contributed by atoms with van der Waals surface area (Å²) in [4.78, 5) is 11.7. The van der Waals surface area contributed by atoms with E-state index in [0.29, 0.717) is 0 Å². The fourth-order valence-electron chi connectivity index (χ4n) is 2.26. The van der Waals surface area contributed by atoms with Crippen LogP contribution in [0.25, 0.3) is 0 Å². The number of hydrogen-bond donors (Lipinski definition) is 1. The second kappa shape index (κ2) is 8.25. The van der Waals surface area contributed by atoms with Gasteiger partial charge in [-0.05, 0) is 44.8 Å². The summed E-state index contributed by atoms with van der Waals surface area (Å²) in [5.74, 6) is 2.25. The maximum Gasteiger partial charge on any atom is 0.106 e. The van der Waals surface area contributed by atoms with Crippen LogP contribution in [0.15, 0.2) is 35.2 Å². The zero-order valence-electron chi connectivity index (χ0n) is 13.2. The molecule has 0 aliphatic heterocycles. The predicted molar refractivity (Wildman–Crippen MR) is 90.8 cm³/mol. The van der Waals surface area contributed by atoms with Gasteiger partial charge >= 0.3 is 0 Å². The Kier molecular flexibility index (Phi) is 6.33. The highest BCUT2D eigenvalue weighted by atomic mass is 32.2. The summed E-state index contributed by atoms with van der Waals surface area (Å²) in [6.45, 7) is 6.28. The number of H-pyrrole nitrogens is 1. The maximum atomic E-state index is 4.64. The van der Waals surface area contributed by atoms with Gasteiger partial charge in [-0.15, -0.1) is 11.8 Å². The van der Waals surface area contributed by atoms with E-state index in [0.717, 1.165) is 31.1 Å². The van der Waals surface area contributed by atoms with Crippen LogP contribution >= 0.6 is 11.8 Å². The number of nitrogens with zero attached hydrogens (tertiary/aromatic N) is 2. The number of aromatic amines is 1. The van der Waals surface area contributed by atoms with Crippen LogP contribution in [0.1, 0.15) is 30.6 Å². The Labute approximate surface area is 132 Å². The van der Waals surface area contributed by atoms with Gasteiger partial charge < -0.3 is 9.88 Å². The van der Waals surface area contributed by atoms with E-state index in [1.54, 1.807) is 0 Å². The van der Waals surface area contributed by atoms with Crippen LogP contribution in [0.5, 0.6) is 0 Å². The van der Waals surface area contributed by atoms with Gasteiger partial charge in [-0.1, -0.05) is 25.1 Å². The summed E-state index contributed by atoms with van der Waals surface area (Å²) in [7, 11) is 2.17. The summed E-state index contributed by atoms with van der Waals surface area (Å²) in [6.07, 6.45) is 2.17. The number of aryl methyl sites for hydroxylation is 2. The summed E-state index contributed by atoms with van der Waals surface area (Å²) < 4.78 is 0. The summed E-state index contributed by atoms with van der Waals surface area (Å²) in [6, 6.07) is 10.6. The summed E-state index contributed by atoms with van der Waals surface area (Å²) in [5, 5.41) is 0. The van der Waals surface area contributed by atoms with Gasteiger partial charge in [-0.3, -0.25) is 0 Å². The van der Waals surface area contributed by atoms with Crippen molar-refractivity contribution >= 4 is 11.8 Å². The van der Waals surface area contributed by atoms with Gasteiger partial charge in [0.1, 0.15) is 5.82 Å². The summed E-state index contributed by atoms with van der Waals surface area (Å²) in [5.41, 5.74) is 2.39. The molecule has 0 saturated heterocycles. The van der Waals surface area contributed by atoms with Crippen molar-refractivity contribution in [2.75, 3.05) is 19.3 Å². The molecule has 0 amide bonds. The van der Waals surface area contributed by atoms with Crippen LogP contribution in [0.4, 0.5) is 0 Å². The molecule has 0 saturated carbocycles. The minimum Gasteiger partial charge on any atom is -0.346 e. The van der Waals surface area contributed by atoms with Gasteiger partial charge in [0.2, 0.25) is 0 Å². The Balaban J connectivity index is 1.69. The quantitative estimate of drug-likeness (QED) is 0.593. The molecule has 1 N–H and O–H groups in total. The number of aromatic nitrogens is 2. The molecule has 1 aromatic carbocycles. The first-order chi connectivity index (χ1) is 10.2. The first-order valence-corrected chi connectivity index (χ1v) is 8.58. The van der Waals surface area contributed by atoms with Crippen LogP contribution in [0.3, 0.4) is 0 Å². The van der Waals surface area contributed by atoms with Crippen molar-refractivity contribution < 1.29 is 0 Å². The first-order valence-electron chi connectivity index (χ1n) is 7.59. The average Bonchev–Trinajstić information content (AvgIpc) is 2.85. The number of imidazole rings is 1. The molecule has 1 aromatic heterocycles. The standard InChI is InChI=1S/C17H25N3S/c1-4-17-18-14(2)16(19-17)13-20(3)11-8-12-21-15-9-6-5-7-10-15/h5-7,9-10H,4,8,11-13H2,1-3H3,(H,18,19). The zero-order valence-corrected chi connectivity index (χ0v) is 14.0. The van der Waals surface area contributed by atoms with E-state index in [1.807, 2.05) is 11.8 Å². The lowest BCUT2D eigenvalue weighted by Gasteiger charge is -2.15. The van der Waals surface area contributed by atoms with Crippen LogP contribution < -0.4 is 0 Å². The van der Waals surface area contributed by atoms with Crippen molar-refractivity contribution in [3.05, 3.63) is 47.5 Å². The van der Waals surface area contributed by atoms with Crippen molar-refractivity contribution in [1.29, 1.82) is 0 Å². The molecule has 21 heavy (non-hydrogen) atoms. The predicted octanol–water partition coefficient (Wildman–Crippen LogP) is 3.89. The SMILES string of the molecule is CCc1nc(CN(C)CCCSc2ccccc2)c(C)[nH]1. The van der Waals surface area contributed by atoms with Gasteiger partial charge in [-0.2, -0.15) is 0 Å². The molecule has 2 rings (SSSR count). The van der Waals surface area contributed by atoms with E-state index in [9.17, 15) is 0 Å². The lowest BCUT2D eigenvalue weighted by molar-refractivity contribution is 0.324. The van der Waals surface area contributed by atoms with E-state index in [4.69, 9.17) is 0 Å². The third-order valence-electron chi connectivity index (χ3n) is 3.49. The number of rotatable bonds is 8. The molecule has 0 bridgehead atoms. The molecule has 0 spiro atoms. The third kappa shape index (κ3) is 5.21. The van der Waals surface area contributed by atoms with Gasteiger partial charge in [0.25, 0.3) is 0 Å². The fourth-order valence-corrected chi connectivity index (χ4v) is 3.12. The monoisotopic (exact) mass is 303 g/mol. The molecule has 0 fully saturated rings. The van der Waals surface area contributed by atoms with Gasteiger partial charge in [-0.25, -0.2) is 4.98 Å². The van der Waals surface area contributed by atoms with Crippen LogP contribution in [-0.4, -0.2) is 34.2 Å². The minimum atomic E-state index is 0.929. The molecule has 0 aliphatic carbocycles. The molecule has 4 heteroatoms. The Morgan fingerprint density at radius 1 is 1.24 bits per heavy atom. The van der Waals surface area contributed by atoms with E-state index < -0.39 is 0 Å². The molecule has 0 aliphatic rings. The molecule has 3 nitrogen and oxygen atoms in total. The smallest absolute Gasteiger partial charge is 0.106 e. The van der Waals surface area contributed by atoms with Crippen LogP contribution in [0, 0.1) is 6.92 Å². The molecule has 0 unspecified atom stereocenters.